The highest BCUT2D eigenvalue weighted by Gasteiger charge is 2.16. The van der Waals surface area contributed by atoms with Crippen LogP contribution in [0.2, 0.25) is 0 Å². The van der Waals surface area contributed by atoms with Gasteiger partial charge in [-0.05, 0) is 46.6 Å². The minimum Gasteiger partial charge on any atom is -0.390 e. The van der Waals surface area contributed by atoms with Gasteiger partial charge in [-0.1, -0.05) is 6.92 Å². The van der Waals surface area contributed by atoms with Crippen LogP contribution in [0.4, 0.5) is 0 Å². The molecule has 0 aromatic carbocycles. The standard InChI is InChI=1S/C10H23NO/c1-8(9(2)11-5)6-7-10(3,4)12/h8-9,11-12H,6-7H2,1-5H3. The molecule has 2 nitrogen and oxygen atoms in total. The van der Waals surface area contributed by atoms with Gasteiger partial charge in [0.1, 0.15) is 0 Å². The zero-order valence-electron chi connectivity index (χ0n) is 9.02. The van der Waals surface area contributed by atoms with Gasteiger partial charge in [-0.25, -0.2) is 0 Å². The van der Waals surface area contributed by atoms with E-state index in [0.717, 1.165) is 12.8 Å². The zero-order valence-corrected chi connectivity index (χ0v) is 9.02. The van der Waals surface area contributed by atoms with Crippen molar-refractivity contribution >= 4 is 0 Å². The molecule has 2 N–H and O–H groups in total. The summed E-state index contributed by atoms with van der Waals surface area (Å²) in [7, 11) is 1.98. The van der Waals surface area contributed by atoms with Crippen molar-refractivity contribution in [3.05, 3.63) is 0 Å². The number of aliphatic hydroxyl groups is 1. The summed E-state index contributed by atoms with van der Waals surface area (Å²) >= 11 is 0. The normalized spacial score (nSPS) is 17.5. The molecule has 0 fully saturated rings. The van der Waals surface area contributed by atoms with Gasteiger partial charge in [0.25, 0.3) is 0 Å². The number of hydrogen-bond donors (Lipinski definition) is 2. The van der Waals surface area contributed by atoms with E-state index >= 15 is 0 Å². The average Bonchev–Trinajstić information content (AvgIpc) is 1.97. The molecule has 2 atom stereocenters. The minimum atomic E-state index is -0.512. The van der Waals surface area contributed by atoms with E-state index < -0.39 is 5.60 Å². The van der Waals surface area contributed by atoms with Crippen LogP contribution in [0.25, 0.3) is 0 Å². The highest BCUT2D eigenvalue weighted by Crippen LogP contribution is 2.17. The van der Waals surface area contributed by atoms with Crippen LogP contribution in [0.5, 0.6) is 0 Å². The van der Waals surface area contributed by atoms with Crippen molar-refractivity contribution in [2.45, 2.75) is 52.2 Å². The molecule has 0 saturated carbocycles. The smallest absolute Gasteiger partial charge is 0.0591 e. The summed E-state index contributed by atoms with van der Waals surface area (Å²) in [5, 5.41) is 12.7. The monoisotopic (exact) mass is 173 g/mol. The second kappa shape index (κ2) is 4.83. The summed E-state index contributed by atoms with van der Waals surface area (Å²) < 4.78 is 0. The summed E-state index contributed by atoms with van der Waals surface area (Å²) in [6.45, 7) is 8.12. The van der Waals surface area contributed by atoms with Crippen LogP contribution in [0.1, 0.15) is 40.5 Å². The summed E-state index contributed by atoms with van der Waals surface area (Å²) in [6, 6.07) is 0.535. The van der Waals surface area contributed by atoms with Crippen molar-refractivity contribution in [2.75, 3.05) is 7.05 Å². The van der Waals surface area contributed by atoms with E-state index in [9.17, 15) is 5.11 Å². The number of rotatable bonds is 5. The molecule has 12 heavy (non-hydrogen) atoms. The summed E-state index contributed by atoms with van der Waals surface area (Å²) in [6.07, 6.45) is 1.95. The lowest BCUT2D eigenvalue weighted by atomic mass is 9.92. The van der Waals surface area contributed by atoms with E-state index in [2.05, 4.69) is 19.2 Å². The Bertz CT molecular complexity index is 117. The molecule has 0 aliphatic rings. The van der Waals surface area contributed by atoms with Gasteiger partial charge in [0.2, 0.25) is 0 Å². The lowest BCUT2D eigenvalue weighted by molar-refractivity contribution is 0.0628. The summed E-state index contributed by atoms with van der Waals surface area (Å²) in [4.78, 5) is 0. The number of hydrogen-bond acceptors (Lipinski definition) is 2. The summed E-state index contributed by atoms with van der Waals surface area (Å²) in [5.74, 6) is 0.626. The van der Waals surface area contributed by atoms with Gasteiger partial charge in [0.15, 0.2) is 0 Å². The molecule has 0 radical (unpaired) electrons. The maximum Gasteiger partial charge on any atom is 0.0591 e. The first-order chi connectivity index (χ1) is 5.37. The third-order valence-corrected chi connectivity index (χ3v) is 2.52. The maximum absolute atomic E-state index is 9.50. The van der Waals surface area contributed by atoms with Crippen molar-refractivity contribution in [3.8, 4) is 0 Å². The van der Waals surface area contributed by atoms with Crippen molar-refractivity contribution in [1.29, 1.82) is 0 Å². The van der Waals surface area contributed by atoms with Gasteiger partial charge < -0.3 is 10.4 Å². The minimum absolute atomic E-state index is 0.512. The van der Waals surface area contributed by atoms with Gasteiger partial charge in [-0.2, -0.15) is 0 Å². The first kappa shape index (κ1) is 11.9. The molecule has 0 aromatic heterocycles. The van der Waals surface area contributed by atoms with Crippen molar-refractivity contribution < 1.29 is 5.11 Å². The highest BCUT2D eigenvalue weighted by molar-refractivity contribution is 4.71. The Morgan fingerprint density at radius 1 is 1.33 bits per heavy atom. The van der Waals surface area contributed by atoms with Crippen LogP contribution in [0, 0.1) is 5.92 Å². The third-order valence-electron chi connectivity index (χ3n) is 2.52. The van der Waals surface area contributed by atoms with Gasteiger partial charge in [0, 0.05) is 6.04 Å². The Balaban J connectivity index is 3.64. The Labute approximate surface area is 76.4 Å². The summed E-state index contributed by atoms with van der Waals surface area (Å²) in [5.41, 5.74) is -0.512. The van der Waals surface area contributed by atoms with Gasteiger partial charge in [-0.3, -0.25) is 0 Å². The molecule has 0 saturated heterocycles. The lowest BCUT2D eigenvalue weighted by Gasteiger charge is -2.23. The molecule has 0 aliphatic carbocycles. The molecule has 2 unspecified atom stereocenters. The zero-order chi connectivity index (χ0) is 9.78. The van der Waals surface area contributed by atoms with Crippen LogP contribution in [-0.4, -0.2) is 23.8 Å². The molecule has 0 heterocycles. The van der Waals surface area contributed by atoms with Crippen LogP contribution in [0.15, 0.2) is 0 Å². The fourth-order valence-electron chi connectivity index (χ4n) is 1.12. The van der Waals surface area contributed by atoms with Gasteiger partial charge >= 0.3 is 0 Å². The quantitative estimate of drug-likeness (QED) is 0.664. The second-order valence-corrected chi connectivity index (χ2v) is 4.41. The molecular weight excluding hydrogens is 150 g/mol. The van der Waals surface area contributed by atoms with Crippen LogP contribution >= 0.6 is 0 Å². The first-order valence-electron chi connectivity index (χ1n) is 4.76. The van der Waals surface area contributed by atoms with Crippen molar-refractivity contribution in [2.24, 2.45) is 5.92 Å². The predicted molar refractivity (Wildman–Crippen MR) is 53.2 cm³/mol. The SMILES string of the molecule is CNC(C)C(C)CCC(C)(C)O. The Morgan fingerprint density at radius 2 is 1.83 bits per heavy atom. The maximum atomic E-state index is 9.50. The molecule has 0 aliphatic heterocycles. The average molecular weight is 173 g/mol. The fourth-order valence-corrected chi connectivity index (χ4v) is 1.12. The van der Waals surface area contributed by atoms with E-state index in [1.807, 2.05) is 20.9 Å². The highest BCUT2D eigenvalue weighted by atomic mass is 16.3. The Morgan fingerprint density at radius 3 is 2.17 bits per heavy atom. The lowest BCUT2D eigenvalue weighted by Crippen LogP contribution is -2.30. The predicted octanol–water partition coefficient (Wildman–Crippen LogP) is 1.78. The first-order valence-corrected chi connectivity index (χ1v) is 4.76. The van der Waals surface area contributed by atoms with Crippen LogP contribution in [0.3, 0.4) is 0 Å². The fraction of sp³-hybridized carbons (Fsp3) is 1.00. The molecule has 2 heteroatoms. The number of nitrogens with one attached hydrogen (secondary N) is 1. The van der Waals surface area contributed by atoms with Gasteiger partial charge in [0.05, 0.1) is 5.60 Å². The Hall–Kier alpha value is -0.0800. The van der Waals surface area contributed by atoms with E-state index in [1.165, 1.54) is 0 Å². The molecule has 0 amide bonds. The molecule has 0 aromatic rings. The topological polar surface area (TPSA) is 32.3 Å². The molecular formula is C10H23NO. The third kappa shape index (κ3) is 5.56. The van der Waals surface area contributed by atoms with E-state index in [1.54, 1.807) is 0 Å². The van der Waals surface area contributed by atoms with Gasteiger partial charge in [-0.15, -0.1) is 0 Å². The van der Waals surface area contributed by atoms with E-state index in [-0.39, 0.29) is 0 Å². The van der Waals surface area contributed by atoms with Crippen LogP contribution in [-0.2, 0) is 0 Å². The molecule has 74 valence electrons. The van der Waals surface area contributed by atoms with Crippen molar-refractivity contribution in [3.63, 3.8) is 0 Å². The Kier molecular flexibility index (Phi) is 4.80. The van der Waals surface area contributed by atoms with E-state index in [0.29, 0.717) is 12.0 Å². The molecule has 0 spiro atoms. The second-order valence-electron chi connectivity index (χ2n) is 4.41. The largest absolute Gasteiger partial charge is 0.390 e. The van der Waals surface area contributed by atoms with Crippen molar-refractivity contribution in [1.82, 2.24) is 5.32 Å². The molecule has 0 rings (SSSR count). The molecule has 0 bridgehead atoms. The van der Waals surface area contributed by atoms with E-state index in [4.69, 9.17) is 0 Å². The van der Waals surface area contributed by atoms with Crippen LogP contribution < -0.4 is 5.32 Å².